The van der Waals surface area contributed by atoms with Gasteiger partial charge in [0.05, 0.1) is 12.2 Å². The highest BCUT2D eigenvalue weighted by Gasteiger charge is 2.44. The zero-order valence-corrected chi connectivity index (χ0v) is 9.28. The van der Waals surface area contributed by atoms with Crippen LogP contribution in [-0.2, 0) is 12.0 Å². The van der Waals surface area contributed by atoms with E-state index in [4.69, 9.17) is 10.5 Å². The second kappa shape index (κ2) is 3.47. The number of ether oxygens (including phenoxy) is 1. The number of nitrogens with two attached hydrogens (primary N) is 1. The fourth-order valence-electron chi connectivity index (χ4n) is 2.78. The molecule has 0 bridgehead atoms. The third-order valence-electron chi connectivity index (χ3n) is 3.63. The largest absolute Gasteiger partial charge is 0.493 e. The van der Waals surface area contributed by atoms with Crippen molar-refractivity contribution >= 4 is 0 Å². The molecule has 0 atom stereocenters. The first-order chi connectivity index (χ1) is 7.69. The molecule has 2 aliphatic rings. The van der Waals surface area contributed by atoms with E-state index in [-0.39, 0.29) is 6.04 Å². The molecule has 1 saturated carbocycles. The molecule has 0 aromatic heterocycles. The van der Waals surface area contributed by atoms with Crippen molar-refractivity contribution in [2.45, 2.75) is 37.3 Å². The summed E-state index contributed by atoms with van der Waals surface area (Å²) in [6.07, 6.45) is 3.40. The van der Waals surface area contributed by atoms with E-state index in [1.807, 2.05) is 12.1 Å². The van der Waals surface area contributed by atoms with Gasteiger partial charge >= 0.3 is 0 Å². The van der Waals surface area contributed by atoms with Crippen molar-refractivity contribution in [1.82, 2.24) is 0 Å². The van der Waals surface area contributed by atoms with E-state index in [2.05, 4.69) is 6.07 Å². The highest BCUT2D eigenvalue weighted by atomic mass is 16.5. The molecule has 1 aromatic carbocycles. The van der Waals surface area contributed by atoms with E-state index in [1.54, 1.807) is 0 Å². The van der Waals surface area contributed by atoms with Gasteiger partial charge in [0.15, 0.2) is 0 Å². The Morgan fingerprint density at radius 2 is 2.19 bits per heavy atom. The van der Waals surface area contributed by atoms with E-state index in [0.717, 1.165) is 30.8 Å². The van der Waals surface area contributed by atoms with Crippen molar-refractivity contribution in [1.29, 1.82) is 0 Å². The molecule has 1 aliphatic carbocycles. The molecule has 3 nitrogen and oxygen atoms in total. The molecule has 86 valence electrons. The third-order valence-corrected chi connectivity index (χ3v) is 3.63. The van der Waals surface area contributed by atoms with E-state index < -0.39 is 5.60 Å². The summed E-state index contributed by atoms with van der Waals surface area (Å²) in [5.74, 6) is 0.906. The summed E-state index contributed by atoms with van der Waals surface area (Å²) < 4.78 is 5.71. The van der Waals surface area contributed by atoms with Crippen LogP contribution in [0.4, 0.5) is 0 Å². The van der Waals surface area contributed by atoms with Crippen LogP contribution in [0.5, 0.6) is 5.75 Å². The molecule has 3 heteroatoms. The summed E-state index contributed by atoms with van der Waals surface area (Å²) in [7, 11) is 0. The second-order valence-electron chi connectivity index (χ2n) is 4.95. The Morgan fingerprint density at radius 3 is 2.94 bits per heavy atom. The van der Waals surface area contributed by atoms with Crippen LogP contribution in [0.15, 0.2) is 18.2 Å². The smallest absolute Gasteiger partial charge is 0.128 e. The van der Waals surface area contributed by atoms with Crippen LogP contribution in [0, 0.1) is 0 Å². The minimum absolute atomic E-state index is 0.129. The fourth-order valence-corrected chi connectivity index (χ4v) is 2.78. The predicted molar refractivity (Wildman–Crippen MR) is 61.4 cm³/mol. The predicted octanol–water partition coefficient (Wildman–Crippen LogP) is 1.32. The zero-order valence-electron chi connectivity index (χ0n) is 9.28. The van der Waals surface area contributed by atoms with Gasteiger partial charge in [0.1, 0.15) is 5.75 Å². The molecule has 16 heavy (non-hydrogen) atoms. The van der Waals surface area contributed by atoms with Crippen LogP contribution in [0.3, 0.4) is 0 Å². The van der Waals surface area contributed by atoms with Crippen LogP contribution in [0.2, 0.25) is 0 Å². The molecule has 0 radical (unpaired) electrons. The Morgan fingerprint density at radius 1 is 1.38 bits per heavy atom. The summed E-state index contributed by atoms with van der Waals surface area (Å²) >= 11 is 0. The van der Waals surface area contributed by atoms with E-state index in [1.165, 1.54) is 5.56 Å². The Kier molecular flexibility index (Phi) is 2.19. The number of benzene rings is 1. The van der Waals surface area contributed by atoms with Crippen molar-refractivity contribution in [2.24, 2.45) is 5.73 Å². The quantitative estimate of drug-likeness (QED) is 0.749. The van der Waals surface area contributed by atoms with Gasteiger partial charge in [-0.25, -0.2) is 0 Å². The van der Waals surface area contributed by atoms with Gasteiger partial charge in [-0.3, -0.25) is 0 Å². The molecule has 3 N–H and O–H groups in total. The number of aryl methyl sites for hydroxylation is 1. The van der Waals surface area contributed by atoms with Gasteiger partial charge in [-0.15, -0.1) is 0 Å². The zero-order chi connectivity index (χ0) is 11.2. The lowest BCUT2D eigenvalue weighted by molar-refractivity contribution is -0.0544. The molecule has 0 saturated heterocycles. The highest BCUT2D eigenvalue weighted by molar-refractivity contribution is 5.47. The fraction of sp³-hybridized carbons (Fsp3) is 0.538. The molecule has 1 heterocycles. The third kappa shape index (κ3) is 1.43. The number of fused-ring (bicyclic) bond motifs is 1. The summed E-state index contributed by atoms with van der Waals surface area (Å²) in [6, 6.07) is 6.19. The molecule has 1 fully saturated rings. The molecule has 3 rings (SSSR count). The molecule has 1 aliphatic heterocycles. The van der Waals surface area contributed by atoms with Crippen LogP contribution < -0.4 is 10.5 Å². The van der Waals surface area contributed by atoms with Crippen LogP contribution >= 0.6 is 0 Å². The van der Waals surface area contributed by atoms with Crippen molar-refractivity contribution in [3.8, 4) is 5.75 Å². The van der Waals surface area contributed by atoms with Crippen LogP contribution in [0.25, 0.3) is 0 Å². The van der Waals surface area contributed by atoms with Gasteiger partial charge in [-0.2, -0.15) is 0 Å². The Bertz CT molecular complexity index is 410. The summed E-state index contributed by atoms with van der Waals surface area (Å²) in [5.41, 5.74) is 7.18. The van der Waals surface area contributed by atoms with Gasteiger partial charge in [0, 0.05) is 11.6 Å². The molecular weight excluding hydrogens is 202 g/mol. The lowest BCUT2D eigenvalue weighted by Gasteiger charge is -2.43. The van der Waals surface area contributed by atoms with Gasteiger partial charge in [-0.1, -0.05) is 18.2 Å². The maximum atomic E-state index is 10.4. The minimum Gasteiger partial charge on any atom is -0.493 e. The SMILES string of the molecule is NC1CC(O)(c2cccc3c2OCCC3)C1. The average molecular weight is 219 g/mol. The van der Waals surface area contributed by atoms with Gasteiger partial charge in [0.25, 0.3) is 0 Å². The van der Waals surface area contributed by atoms with Gasteiger partial charge in [0.2, 0.25) is 0 Å². The number of aliphatic hydroxyl groups is 1. The highest BCUT2D eigenvalue weighted by Crippen LogP contribution is 2.46. The Labute approximate surface area is 95.2 Å². The number of hydrogen-bond donors (Lipinski definition) is 2. The van der Waals surface area contributed by atoms with Crippen molar-refractivity contribution in [3.05, 3.63) is 29.3 Å². The molecule has 0 spiro atoms. The second-order valence-corrected chi connectivity index (χ2v) is 4.95. The van der Waals surface area contributed by atoms with E-state index in [9.17, 15) is 5.11 Å². The maximum Gasteiger partial charge on any atom is 0.128 e. The lowest BCUT2D eigenvalue weighted by atomic mass is 9.71. The van der Waals surface area contributed by atoms with E-state index in [0.29, 0.717) is 12.8 Å². The van der Waals surface area contributed by atoms with Gasteiger partial charge in [-0.05, 0) is 31.2 Å². The summed E-state index contributed by atoms with van der Waals surface area (Å²) in [5, 5.41) is 10.4. The van der Waals surface area contributed by atoms with Crippen molar-refractivity contribution in [3.63, 3.8) is 0 Å². The van der Waals surface area contributed by atoms with Crippen molar-refractivity contribution in [2.75, 3.05) is 6.61 Å². The number of hydrogen-bond acceptors (Lipinski definition) is 3. The summed E-state index contributed by atoms with van der Waals surface area (Å²) in [6.45, 7) is 0.756. The first-order valence-corrected chi connectivity index (χ1v) is 5.92. The Hall–Kier alpha value is -1.06. The molecule has 0 unspecified atom stereocenters. The molecule has 1 aromatic rings. The maximum absolute atomic E-state index is 10.4. The normalized spacial score (nSPS) is 32.5. The Balaban J connectivity index is 2.01. The number of para-hydroxylation sites is 1. The van der Waals surface area contributed by atoms with Gasteiger partial charge < -0.3 is 15.6 Å². The minimum atomic E-state index is -0.748. The van der Waals surface area contributed by atoms with Crippen molar-refractivity contribution < 1.29 is 9.84 Å². The number of rotatable bonds is 1. The molecular formula is C13H17NO2. The first-order valence-electron chi connectivity index (χ1n) is 5.92. The van der Waals surface area contributed by atoms with Crippen LogP contribution in [0.1, 0.15) is 30.4 Å². The average Bonchev–Trinajstić information content (AvgIpc) is 2.26. The standard InChI is InChI=1S/C13H17NO2/c14-10-7-13(15,8-10)11-5-1-3-9-4-2-6-16-12(9)11/h1,3,5,10,15H,2,4,6-8,14H2. The van der Waals surface area contributed by atoms with E-state index >= 15 is 0 Å². The summed E-state index contributed by atoms with van der Waals surface area (Å²) in [4.78, 5) is 0. The van der Waals surface area contributed by atoms with Crippen LogP contribution in [-0.4, -0.2) is 17.8 Å². The molecule has 0 amide bonds. The lowest BCUT2D eigenvalue weighted by Crippen LogP contribution is -2.49. The monoisotopic (exact) mass is 219 g/mol. The topological polar surface area (TPSA) is 55.5 Å². The first kappa shape index (κ1) is 10.1.